The van der Waals surface area contributed by atoms with Crippen LogP contribution in [0.4, 0.5) is 11.8 Å². The molecule has 0 aromatic carbocycles. The molecule has 2 rings (SSSR count). The van der Waals surface area contributed by atoms with E-state index in [4.69, 9.17) is 10.5 Å². The zero-order valence-corrected chi connectivity index (χ0v) is 9.87. The van der Waals surface area contributed by atoms with Crippen molar-refractivity contribution in [3.8, 4) is 5.88 Å². The molecule has 0 saturated heterocycles. The van der Waals surface area contributed by atoms with Gasteiger partial charge in [-0.25, -0.2) is 0 Å². The number of anilines is 2. The Balaban J connectivity index is 2.08. The van der Waals surface area contributed by atoms with Gasteiger partial charge >= 0.3 is 4.87 Å². The lowest BCUT2D eigenvalue weighted by atomic mass is 10.4. The Morgan fingerprint density at radius 2 is 2.41 bits per heavy atom. The van der Waals surface area contributed by atoms with Crippen LogP contribution in [0.1, 0.15) is 5.69 Å². The van der Waals surface area contributed by atoms with E-state index in [9.17, 15) is 4.79 Å². The number of H-pyrrole nitrogens is 1. The minimum atomic E-state index is -0.0819. The van der Waals surface area contributed by atoms with Crippen molar-refractivity contribution in [2.45, 2.75) is 6.54 Å². The second-order valence-corrected chi connectivity index (χ2v) is 4.02. The molecule has 0 radical (unpaired) electrons. The number of hydrogen-bond donors (Lipinski definition) is 3. The predicted molar refractivity (Wildman–Crippen MR) is 65.3 cm³/mol. The van der Waals surface area contributed by atoms with E-state index in [1.165, 1.54) is 7.11 Å². The number of nitrogen functional groups attached to an aromatic ring is 1. The van der Waals surface area contributed by atoms with Crippen LogP contribution >= 0.6 is 11.3 Å². The van der Waals surface area contributed by atoms with Crippen LogP contribution in [0.15, 0.2) is 16.2 Å². The van der Waals surface area contributed by atoms with Crippen LogP contribution in [0.25, 0.3) is 0 Å². The third-order valence-electron chi connectivity index (χ3n) is 1.96. The highest BCUT2D eigenvalue weighted by Gasteiger charge is 2.03. The van der Waals surface area contributed by atoms with Crippen LogP contribution in [-0.2, 0) is 6.54 Å². The molecule has 0 fully saturated rings. The summed E-state index contributed by atoms with van der Waals surface area (Å²) in [4.78, 5) is 21.4. The molecule has 4 N–H and O–H groups in total. The predicted octanol–water partition coefficient (Wildman–Crippen LogP) is 0.429. The number of nitrogens with zero attached hydrogens (tertiary/aromatic N) is 2. The van der Waals surface area contributed by atoms with Crippen molar-refractivity contribution >= 4 is 23.1 Å². The number of aromatic nitrogens is 3. The van der Waals surface area contributed by atoms with Crippen LogP contribution in [0.2, 0.25) is 0 Å². The summed E-state index contributed by atoms with van der Waals surface area (Å²) in [6.45, 7) is 0.457. The number of aromatic amines is 1. The number of hydrogen-bond acceptors (Lipinski definition) is 7. The number of thiazole rings is 1. The van der Waals surface area contributed by atoms with Crippen molar-refractivity contribution in [2.75, 3.05) is 18.2 Å². The average Bonchev–Trinajstić information content (AvgIpc) is 2.72. The lowest BCUT2D eigenvalue weighted by Crippen LogP contribution is -2.06. The van der Waals surface area contributed by atoms with E-state index in [2.05, 4.69) is 20.3 Å². The Hall–Kier alpha value is -2.09. The Morgan fingerprint density at radius 3 is 3.06 bits per heavy atom. The minimum Gasteiger partial charge on any atom is -0.481 e. The molecule has 2 aromatic heterocycles. The van der Waals surface area contributed by atoms with Gasteiger partial charge < -0.3 is 20.8 Å². The normalized spacial score (nSPS) is 10.2. The molecule has 0 amide bonds. The molecule has 2 aromatic rings. The summed E-state index contributed by atoms with van der Waals surface area (Å²) < 4.78 is 4.96. The molecule has 0 aliphatic rings. The molecule has 0 bridgehead atoms. The summed E-state index contributed by atoms with van der Waals surface area (Å²) in [7, 11) is 1.50. The standard InChI is InChI=1S/C9H11N5O2S/c1-16-7-2-6(13-8(10)14-7)11-3-5-4-17-9(15)12-5/h2,4H,3H2,1H3,(H,12,15)(H3,10,11,13,14). The molecule has 0 unspecified atom stereocenters. The Kier molecular flexibility index (Phi) is 3.24. The molecule has 0 atom stereocenters. The van der Waals surface area contributed by atoms with Crippen molar-refractivity contribution in [3.05, 3.63) is 26.8 Å². The first-order chi connectivity index (χ1) is 8.17. The molecule has 0 saturated carbocycles. The first kappa shape index (κ1) is 11.4. The van der Waals surface area contributed by atoms with Gasteiger partial charge in [0, 0.05) is 17.1 Å². The van der Waals surface area contributed by atoms with Gasteiger partial charge in [0.05, 0.1) is 13.7 Å². The lowest BCUT2D eigenvalue weighted by Gasteiger charge is -2.06. The molecule has 0 aliphatic carbocycles. The van der Waals surface area contributed by atoms with Gasteiger partial charge in [-0.3, -0.25) is 4.79 Å². The highest BCUT2D eigenvalue weighted by atomic mass is 32.1. The first-order valence-electron chi connectivity index (χ1n) is 4.76. The van der Waals surface area contributed by atoms with Crippen LogP contribution in [-0.4, -0.2) is 22.1 Å². The van der Waals surface area contributed by atoms with Gasteiger partial charge in [0.25, 0.3) is 0 Å². The van der Waals surface area contributed by atoms with Crippen molar-refractivity contribution in [1.29, 1.82) is 0 Å². The Labute approximate surface area is 101 Å². The van der Waals surface area contributed by atoms with E-state index in [1.807, 2.05) is 0 Å². The number of methoxy groups -OCH3 is 1. The molecule has 8 heteroatoms. The smallest absolute Gasteiger partial charge is 0.304 e. The van der Waals surface area contributed by atoms with E-state index < -0.39 is 0 Å². The fourth-order valence-electron chi connectivity index (χ4n) is 1.22. The molecular weight excluding hydrogens is 242 g/mol. The van der Waals surface area contributed by atoms with E-state index in [0.29, 0.717) is 18.2 Å². The molecule has 17 heavy (non-hydrogen) atoms. The largest absolute Gasteiger partial charge is 0.481 e. The Bertz CT molecular complexity index is 565. The fraction of sp³-hybridized carbons (Fsp3) is 0.222. The number of ether oxygens (including phenoxy) is 1. The monoisotopic (exact) mass is 253 g/mol. The van der Waals surface area contributed by atoms with E-state index >= 15 is 0 Å². The summed E-state index contributed by atoms with van der Waals surface area (Å²) in [5.41, 5.74) is 6.30. The molecule has 2 heterocycles. The second kappa shape index (κ2) is 4.83. The summed E-state index contributed by atoms with van der Waals surface area (Å²) in [5.74, 6) is 1.06. The van der Waals surface area contributed by atoms with Gasteiger partial charge in [0.15, 0.2) is 0 Å². The second-order valence-electron chi connectivity index (χ2n) is 3.18. The van der Waals surface area contributed by atoms with Gasteiger partial charge in [-0.05, 0) is 0 Å². The quantitative estimate of drug-likeness (QED) is 0.729. The van der Waals surface area contributed by atoms with Crippen LogP contribution < -0.4 is 20.7 Å². The number of nitrogens with one attached hydrogen (secondary N) is 2. The zero-order valence-electron chi connectivity index (χ0n) is 9.06. The van der Waals surface area contributed by atoms with Crippen LogP contribution in [0, 0.1) is 0 Å². The number of rotatable bonds is 4. The highest BCUT2D eigenvalue weighted by Crippen LogP contribution is 2.14. The van der Waals surface area contributed by atoms with Crippen molar-refractivity contribution in [3.63, 3.8) is 0 Å². The van der Waals surface area contributed by atoms with Crippen LogP contribution in [0.5, 0.6) is 5.88 Å². The van der Waals surface area contributed by atoms with Crippen molar-refractivity contribution in [2.24, 2.45) is 0 Å². The van der Waals surface area contributed by atoms with Gasteiger partial charge in [-0.1, -0.05) is 11.3 Å². The summed E-state index contributed by atoms with van der Waals surface area (Å²) >= 11 is 1.12. The molecule has 0 spiro atoms. The maximum atomic E-state index is 10.9. The molecule has 0 aliphatic heterocycles. The number of nitrogens with two attached hydrogens (primary N) is 1. The van der Waals surface area contributed by atoms with Crippen molar-refractivity contribution < 1.29 is 4.74 Å². The maximum absolute atomic E-state index is 10.9. The first-order valence-corrected chi connectivity index (χ1v) is 5.64. The SMILES string of the molecule is COc1cc(NCc2csc(=O)[nH]2)nc(N)n1. The Morgan fingerprint density at radius 1 is 1.59 bits per heavy atom. The van der Waals surface area contributed by atoms with Gasteiger partial charge in [-0.2, -0.15) is 9.97 Å². The highest BCUT2D eigenvalue weighted by molar-refractivity contribution is 7.07. The van der Waals surface area contributed by atoms with Crippen LogP contribution in [0.3, 0.4) is 0 Å². The minimum absolute atomic E-state index is 0.0819. The van der Waals surface area contributed by atoms with E-state index in [1.54, 1.807) is 11.4 Å². The molecule has 7 nitrogen and oxygen atoms in total. The van der Waals surface area contributed by atoms with E-state index in [-0.39, 0.29) is 10.8 Å². The average molecular weight is 253 g/mol. The third-order valence-corrected chi connectivity index (χ3v) is 2.68. The molecule has 90 valence electrons. The summed E-state index contributed by atoms with van der Waals surface area (Å²) in [6.07, 6.45) is 0. The maximum Gasteiger partial charge on any atom is 0.304 e. The van der Waals surface area contributed by atoms with Crippen molar-refractivity contribution in [1.82, 2.24) is 15.0 Å². The topological polar surface area (TPSA) is 106 Å². The zero-order chi connectivity index (χ0) is 12.3. The summed E-state index contributed by atoms with van der Waals surface area (Å²) in [6, 6.07) is 1.63. The summed E-state index contributed by atoms with van der Waals surface area (Å²) in [5, 5.41) is 4.76. The van der Waals surface area contributed by atoms with E-state index in [0.717, 1.165) is 17.0 Å². The van der Waals surface area contributed by atoms with Gasteiger partial charge in [0.2, 0.25) is 11.8 Å². The van der Waals surface area contributed by atoms with Gasteiger partial charge in [0.1, 0.15) is 5.82 Å². The van der Waals surface area contributed by atoms with Gasteiger partial charge in [-0.15, -0.1) is 0 Å². The lowest BCUT2D eigenvalue weighted by molar-refractivity contribution is 0.398. The fourth-order valence-corrected chi connectivity index (χ4v) is 1.81. The molecular formula is C9H11N5O2S. The third kappa shape index (κ3) is 2.94.